The van der Waals surface area contributed by atoms with Crippen molar-refractivity contribution in [2.24, 2.45) is 0 Å². The van der Waals surface area contributed by atoms with Gasteiger partial charge in [-0.1, -0.05) is 0 Å². The molecule has 1 N–H and O–H groups in total. The van der Waals surface area contributed by atoms with Crippen molar-refractivity contribution in [1.29, 1.82) is 0 Å². The van der Waals surface area contributed by atoms with Crippen molar-refractivity contribution in [2.45, 2.75) is 26.3 Å². The first-order chi connectivity index (χ1) is 9.06. The Morgan fingerprint density at radius 2 is 2.11 bits per heavy atom. The van der Waals surface area contributed by atoms with E-state index in [4.69, 9.17) is 9.47 Å². The standard InChI is InChI=1S/C13H21N3O3/c1-5-19-12(17)13(3,16-8-9-18-4)11-10(2)14-6-7-15-11/h6-7,16H,5,8-9H2,1-4H3. The van der Waals surface area contributed by atoms with Crippen molar-refractivity contribution in [3.05, 3.63) is 23.8 Å². The molecule has 0 amide bonds. The predicted octanol–water partition coefficient (Wildman–Crippen LogP) is 0.799. The monoisotopic (exact) mass is 267 g/mol. The molecule has 0 aromatic carbocycles. The van der Waals surface area contributed by atoms with E-state index in [1.165, 1.54) is 0 Å². The molecule has 0 spiro atoms. The van der Waals surface area contributed by atoms with Crippen molar-refractivity contribution >= 4 is 5.97 Å². The Balaban J connectivity index is 3.04. The zero-order chi connectivity index (χ0) is 14.3. The van der Waals surface area contributed by atoms with E-state index in [0.29, 0.717) is 31.1 Å². The molecule has 19 heavy (non-hydrogen) atoms. The molecule has 0 aliphatic rings. The summed E-state index contributed by atoms with van der Waals surface area (Å²) in [4.78, 5) is 20.7. The third kappa shape index (κ3) is 3.71. The maximum atomic E-state index is 12.2. The maximum Gasteiger partial charge on any atom is 0.332 e. The summed E-state index contributed by atoms with van der Waals surface area (Å²) < 4.78 is 10.1. The Kier molecular flexibility index (Phi) is 5.85. The second-order valence-corrected chi connectivity index (χ2v) is 4.26. The first-order valence-electron chi connectivity index (χ1n) is 6.25. The van der Waals surface area contributed by atoms with Crippen molar-refractivity contribution < 1.29 is 14.3 Å². The molecule has 106 valence electrons. The Morgan fingerprint density at radius 3 is 2.68 bits per heavy atom. The number of methoxy groups -OCH3 is 1. The number of esters is 1. The van der Waals surface area contributed by atoms with E-state index >= 15 is 0 Å². The number of nitrogens with one attached hydrogen (secondary N) is 1. The highest BCUT2D eigenvalue weighted by Crippen LogP contribution is 2.22. The quantitative estimate of drug-likeness (QED) is 0.582. The molecule has 1 heterocycles. The van der Waals surface area contributed by atoms with Gasteiger partial charge in [-0.25, -0.2) is 4.79 Å². The van der Waals surface area contributed by atoms with E-state index in [1.807, 2.05) is 6.92 Å². The van der Waals surface area contributed by atoms with Crippen LogP contribution in [0.1, 0.15) is 25.2 Å². The number of hydrogen-bond acceptors (Lipinski definition) is 6. The lowest BCUT2D eigenvalue weighted by molar-refractivity contribution is -0.151. The van der Waals surface area contributed by atoms with Crippen LogP contribution in [-0.2, 0) is 19.8 Å². The largest absolute Gasteiger partial charge is 0.464 e. The topological polar surface area (TPSA) is 73.3 Å². The molecule has 1 unspecified atom stereocenters. The van der Waals surface area contributed by atoms with Crippen molar-refractivity contribution in [2.75, 3.05) is 26.9 Å². The van der Waals surface area contributed by atoms with Gasteiger partial charge >= 0.3 is 5.97 Å². The van der Waals surface area contributed by atoms with Gasteiger partial charge in [-0.15, -0.1) is 0 Å². The highest BCUT2D eigenvalue weighted by atomic mass is 16.5. The predicted molar refractivity (Wildman–Crippen MR) is 70.6 cm³/mol. The van der Waals surface area contributed by atoms with Gasteiger partial charge in [0.15, 0.2) is 5.54 Å². The van der Waals surface area contributed by atoms with E-state index in [1.54, 1.807) is 33.4 Å². The summed E-state index contributed by atoms with van der Waals surface area (Å²) in [5, 5.41) is 3.14. The summed E-state index contributed by atoms with van der Waals surface area (Å²) in [6, 6.07) is 0. The summed E-state index contributed by atoms with van der Waals surface area (Å²) in [5.74, 6) is -0.366. The fraction of sp³-hybridized carbons (Fsp3) is 0.615. The van der Waals surface area contributed by atoms with Gasteiger partial charge in [-0.3, -0.25) is 15.3 Å². The zero-order valence-corrected chi connectivity index (χ0v) is 11.9. The van der Waals surface area contributed by atoms with Gasteiger partial charge < -0.3 is 9.47 Å². The van der Waals surface area contributed by atoms with Crippen molar-refractivity contribution in [1.82, 2.24) is 15.3 Å². The molecule has 0 radical (unpaired) electrons. The summed E-state index contributed by atoms with van der Waals surface area (Å²) in [5.41, 5.74) is 0.250. The smallest absolute Gasteiger partial charge is 0.332 e. The minimum Gasteiger partial charge on any atom is -0.464 e. The molecule has 0 saturated carbocycles. The van der Waals surface area contributed by atoms with Gasteiger partial charge in [0.2, 0.25) is 0 Å². The van der Waals surface area contributed by atoms with Crippen molar-refractivity contribution in [3.8, 4) is 0 Å². The number of hydrogen-bond donors (Lipinski definition) is 1. The fourth-order valence-corrected chi connectivity index (χ4v) is 1.83. The van der Waals surface area contributed by atoms with Gasteiger partial charge in [0.25, 0.3) is 0 Å². The van der Waals surface area contributed by atoms with E-state index in [-0.39, 0.29) is 5.97 Å². The molecule has 0 aliphatic heterocycles. The molecule has 1 rings (SSSR count). The van der Waals surface area contributed by atoms with E-state index < -0.39 is 5.54 Å². The van der Waals surface area contributed by atoms with Crippen LogP contribution in [0.4, 0.5) is 0 Å². The molecular formula is C13H21N3O3. The normalized spacial score (nSPS) is 13.9. The van der Waals surface area contributed by atoms with E-state index in [9.17, 15) is 4.79 Å². The summed E-state index contributed by atoms with van der Waals surface area (Å²) in [7, 11) is 1.61. The van der Waals surface area contributed by atoms with Crippen LogP contribution in [0.3, 0.4) is 0 Å². The SMILES string of the molecule is CCOC(=O)C(C)(NCCOC)c1nccnc1C. The minimum absolute atomic E-state index is 0.319. The fourth-order valence-electron chi connectivity index (χ4n) is 1.83. The number of aryl methyl sites for hydroxylation is 1. The molecule has 0 fully saturated rings. The molecule has 1 atom stereocenters. The Morgan fingerprint density at radius 1 is 1.42 bits per heavy atom. The van der Waals surface area contributed by atoms with Gasteiger partial charge in [-0.05, 0) is 20.8 Å². The number of carbonyl (C=O) groups excluding carboxylic acids is 1. The Hall–Kier alpha value is -1.53. The summed E-state index contributed by atoms with van der Waals surface area (Å²) >= 11 is 0. The zero-order valence-electron chi connectivity index (χ0n) is 11.9. The Bertz CT molecular complexity index is 425. The molecule has 6 heteroatoms. The molecule has 1 aromatic heterocycles. The second-order valence-electron chi connectivity index (χ2n) is 4.26. The van der Waals surface area contributed by atoms with Gasteiger partial charge in [0.1, 0.15) is 0 Å². The average Bonchev–Trinajstić information content (AvgIpc) is 2.39. The number of carbonyl (C=O) groups is 1. The molecular weight excluding hydrogens is 246 g/mol. The minimum atomic E-state index is -1.02. The maximum absolute atomic E-state index is 12.2. The van der Waals surface area contributed by atoms with Crippen LogP contribution >= 0.6 is 0 Å². The van der Waals surface area contributed by atoms with Crippen LogP contribution < -0.4 is 5.32 Å². The molecule has 6 nitrogen and oxygen atoms in total. The lowest BCUT2D eigenvalue weighted by Crippen LogP contribution is -2.50. The van der Waals surface area contributed by atoms with Crippen LogP contribution in [0.15, 0.2) is 12.4 Å². The van der Waals surface area contributed by atoms with Gasteiger partial charge in [-0.2, -0.15) is 0 Å². The average molecular weight is 267 g/mol. The third-order valence-electron chi connectivity index (χ3n) is 2.82. The van der Waals surface area contributed by atoms with E-state index in [2.05, 4.69) is 15.3 Å². The molecule has 0 aliphatic carbocycles. The number of ether oxygens (including phenoxy) is 2. The van der Waals surface area contributed by atoms with Crippen LogP contribution in [0.5, 0.6) is 0 Å². The number of rotatable bonds is 7. The lowest BCUT2D eigenvalue weighted by Gasteiger charge is -2.28. The molecule has 0 bridgehead atoms. The van der Waals surface area contributed by atoms with Crippen LogP contribution in [0.2, 0.25) is 0 Å². The third-order valence-corrected chi connectivity index (χ3v) is 2.82. The summed E-state index contributed by atoms with van der Waals surface area (Å²) in [6.07, 6.45) is 3.16. The van der Waals surface area contributed by atoms with Gasteiger partial charge in [0.05, 0.1) is 24.6 Å². The van der Waals surface area contributed by atoms with Crippen LogP contribution in [0.25, 0.3) is 0 Å². The van der Waals surface area contributed by atoms with Gasteiger partial charge in [0, 0.05) is 26.0 Å². The lowest BCUT2D eigenvalue weighted by atomic mass is 9.95. The highest BCUT2D eigenvalue weighted by Gasteiger charge is 2.39. The van der Waals surface area contributed by atoms with Crippen LogP contribution in [0, 0.1) is 6.92 Å². The highest BCUT2D eigenvalue weighted by molar-refractivity contribution is 5.81. The number of aromatic nitrogens is 2. The van der Waals surface area contributed by atoms with Crippen molar-refractivity contribution in [3.63, 3.8) is 0 Å². The first kappa shape index (κ1) is 15.5. The van der Waals surface area contributed by atoms with E-state index in [0.717, 1.165) is 0 Å². The van der Waals surface area contributed by atoms with Crippen LogP contribution in [-0.4, -0.2) is 42.8 Å². The number of nitrogens with zero attached hydrogens (tertiary/aromatic N) is 2. The second kappa shape index (κ2) is 7.16. The summed E-state index contributed by atoms with van der Waals surface area (Å²) in [6.45, 7) is 6.67. The molecule has 0 saturated heterocycles. The Labute approximate surface area is 113 Å². The molecule has 1 aromatic rings. The first-order valence-corrected chi connectivity index (χ1v) is 6.25.